The van der Waals surface area contributed by atoms with Gasteiger partial charge in [-0.1, -0.05) is 18.2 Å². The molecule has 1 aliphatic heterocycles. The van der Waals surface area contributed by atoms with Crippen LogP contribution in [0.4, 0.5) is 11.6 Å². The van der Waals surface area contributed by atoms with E-state index in [-0.39, 0.29) is 0 Å². The summed E-state index contributed by atoms with van der Waals surface area (Å²) in [6, 6.07) is 18.7. The third-order valence-corrected chi connectivity index (χ3v) is 5.92. The highest BCUT2D eigenvalue weighted by atomic mass is 15.4. The van der Waals surface area contributed by atoms with Crippen molar-refractivity contribution in [1.82, 2.24) is 24.5 Å². The number of likely N-dealkylation sites (tertiary alicyclic amines) is 1. The van der Waals surface area contributed by atoms with E-state index in [9.17, 15) is 0 Å². The maximum atomic E-state index is 4.68. The van der Waals surface area contributed by atoms with E-state index < -0.39 is 0 Å². The number of aromatic nitrogens is 4. The number of nitrogens with zero attached hydrogens (tertiary/aromatic N) is 5. The zero-order valence-corrected chi connectivity index (χ0v) is 18.0. The molecule has 158 valence electrons. The number of pyridine rings is 2. The Morgan fingerprint density at radius 3 is 2.58 bits per heavy atom. The molecule has 0 atom stereocenters. The Labute approximate surface area is 183 Å². The first-order chi connectivity index (χ1) is 15.2. The summed E-state index contributed by atoms with van der Waals surface area (Å²) in [7, 11) is 0. The average Bonchev–Trinajstić information content (AvgIpc) is 3.45. The molecule has 3 aromatic heterocycles. The van der Waals surface area contributed by atoms with Gasteiger partial charge in [-0.25, -0.2) is 4.52 Å². The van der Waals surface area contributed by atoms with Crippen LogP contribution < -0.4 is 5.32 Å². The van der Waals surface area contributed by atoms with Crippen molar-refractivity contribution >= 4 is 17.3 Å². The Bertz CT molecular complexity index is 1140. The first-order valence-corrected chi connectivity index (χ1v) is 11.1. The predicted octanol–water partition coefficient (Wildman–Crippen LogP) is 4.87. The van der Waals surface area contributed by atoms with Crippen LogP contribution in [0, 0.1) is 6.92 Å². The highest BCUT2D eigenvalue weighted by molar-refractivity contribution is 5.64. The average molecular weight is 413 g/mol. The first kappa shape index (κ1) is 19.7. The van der Waals surface area contributed by atoms with Crippen LogP contribution >= 0.6 is 0 Å². The summed E-state index contributed by atoms with van der Waals surface area (Å²) in [6.45, 7) is 5.75. The Hall–Kier alpha value is -3.25. The number of rotatable bonds is 7. The van der Waals surface area contributed by atoms with Crippen molar-refractivity contribution in [2.24, 2.45) is 0 Å². The Balaban J connectivity index is 1.27. The fourth-order valence-corrected chi connectivity index (χ4v) is 4.19. The quantitative estimate of drug-likeness (QED) is 0.469. The fourth-order valence-electron chi connectivity index (χ4n) is 4.19. The van der Waals surface area contributed by atoms with Gasteiger partial charge < -0.3 is 10.2 Å². The summed E-state index contributed by atoms with van der Waals surface area (Å²) in [6.07, 6.45) is 6.94. The number of fused-ring (bicyclic) bond motifs is 1. The zero-order valence-electron chi connectivity index (χ0n) is 18.0. The van der Waals surface area contributed by atoms with E-state index in [0.29, 0.717) is 5.95 Å². The molecule has 31 heavy (non-hydrogen) atoms. The number of hydrogen-bond acceptors (Lipinski definition) is 5. The number of anilines is 2. The molecule has 1 aliphatic rings. The van der Waals surface area contributed by atoms with E-state index in [4.69, 9.17) is 0 Å². The molecule has 1 aromatic carbocycles. The summed E-state index contributed by atoms with van der Waals surface area (Å²) < 4.78 is 1.86. The maximum Gasteiger partial charge on any atom is 0.247 e. The van der Waals surface area contributed by atoms with Gasteiger partial charge in [0.25, 0.3) is 0 Å². The monoisotopic (exact) mass is 412 g/mol. The number of benzene rings is 1. The smallest absolute Gasteiger partial charge is 0.247 e. The number of hydrogen-bond donors (Lipinski definition) is 1. The SMILES string of the molecule is Cc1ccc(-c2cccc3nc(Nc4ccc(CCCN5CCCC5)cc4)nn23)cn1. The van der Waals surface area contributed by atoms with E-state index in [2.05, 4.69) is 55.6 Å². The maximum absolute atomic E-state index is 4.68. The molecule has 0 radical (unpaired) electrons. The molecule has 1 saturated heterocycles. The standard InChI is InChI=1S/C25H28N6/c1-19-9-12-21(18-26-19)23-7-4-8-24-28-25(29-31(23)24)27-22-13-10-20(11-14-22)6-5-17-30-15-2-3-16-30/h4,7-14,18H,2-3,5-6,15-17H2,1H3,(H,27,29). The van der Waals surface area contributed by atoms with Gasteiger partial charge in [-0.15, -0.1) is 5.10 Å². The van der Waals surface area contributed by atoms with Crippen LogP contribution in [0.25, 0.3) is 16.9 Å². The molecule has 0 spiro atoms. The van der Waals surface area contributed by atoms with Crippen molar-refractivity contribution in [3.63, 3.8) is 0 Å². The molecule has 4 heterocycles. The fraction of sp³-hybridized carbons (Fsp3) is 0.320. The van der Waals surface area contributed by atoms with Gasteiger partial charge in [-0.05, 0) is 94.2 Å². The minimum Gasteiger partial charge on any atom is -0.323 e. The topological polar surface area (TPSA) is 58.4 Å². The van der Waals surface area contributed by atoms with E-state index in [1.54, 1.807) is 0 Å². The Kier molecular flexibility index (Phi) is 5.63. The Morgan fingerprint density at radius 2 is 1.81 bits per heavy atom. The van der Waals surface area contributed by atoms with E-state index in [1.807, 2.05) is 41.9 Å². The molecule has 1 fully saturated rings. The third-order valence-electron chi connectivity index (χ3n) is 5.92. The number of aryl methyl sites for hydroxylation is 2. The van der Waals surface area contributed by atoms with E-state index >= 15 is 0 Å². The lowest BCUT2D eigenvalue weighted by Crippen LogP contribution is -2.20. The molecule has 4 aromatic rings. The second-order valence-corrected chi connectivity index (χ2v) is 8.28. The van der Waals surface area contributed by atoms with Gasteiger partial charge in [0.2, 0.25) is 5.95 Å². The Morgan fingerprint density at radius 1 is 0.968 bits per heavy atom. The molecule has 0 unspecified atom stereocenters. The van der Waals surface area contributed by atoms with Crippen LogP contribution in [-0.2, 0) is 6.42 Å². The van der Waals surface area contributed by atoms with Gasteiger partial charge >= 0.3 is 0 Å². The van der Waals surface area contributed by atoms with Crippen LogP contribution in [0.5, 0.6) is 0 Å². The van der Waals surface area contributed by atoms with E-state index in [0.717, 1.165) is 34.7 Å². The van der Waals surface area contributed by atoms with Gasteiger partial charge in [0.1, 0.15) is 0 Å². The first-order valence-electron chi connectivity index (χ1n) is 11.1. The van der Waals surface area contributed by atoms with Crippen molar-refractivity contribution < 1.29 is 0 Å². The van der Waals surface area contributed by atoms with Crippen molar-refractivity contribution in [2.75, 3.05) is 25.0 Å². The lowest BCUT2D eigenvalue weighted by molar-refractivity contribution is 0.334. The molecular formula is C25H28N6. The molecule has 1 N–H and O–H groups in total. The zero-order chi connectivity index (χ0) is 21.0. The largest absolute Gasteiger partial charge is 0.323 e. The normalized spacial score (nSPS) is 14.4. The molecule has 0 amide bonds. The lowest BCUT2D eigenvalue weighted by Gasteiger charge is -2.14. The molecule has 6 nitrogen and oxygen atoms in total. The summed E-state index contributed by atoms with van der Waals surface area (Å²) >= 11 is 0. The molecule has 0 bridgehead atoms. The predicted molar refractivity (Wildman–Crippen MR) is 125 cm³/mol. The molecular weight excluding hydrogens is 384 g/mol. The molecule has 6 heteroatoms. The highest BCUT2D eigenvalue weighted by Crippen LogP contribution is 2.22. The molecule has 5 rings (SSSR count). The van der Waals surface area contributed by atoms with Crippen molar-refractivity contribution in [3.05, 3.63) is 72.1 Å². The van der Waals surface area contributed by atoms with Crippen molar-refractivity contribution in [2.45, 2.75) is 32.6 Å². The van der Waals surface area contributed by atoms with Gasteiger partial charge in [0.05, 0.1) is 5.69 Å². The van der Waals surface area contributed by atoms with Crippen LogP contribution in [0.1, 0.15) is 30.5 Å². The minimum atomic E-state index is 0.592. The highest BCUT2D eigenvalue weighted by Gasteiger charge is 2.11. The van der Waals surface area contributed by atoms with Crippen molar-refractivity contribution in [1.29, 1.82) is 0 Å². The summed E-state index contributed by atoms with van der Waals surface area (Å²) in [4.78, 5) is 11.6. The van der Waals surface area contributed by atoms with Crippen LogP contribution in [-0.4, -0.2) is 44.1 Å². The molecule has 0 saturated carbocycles. The van der Waals surface area contributed by atoms with Gasteiger partial charge in [0, 0.05) is 23.1 Å². The lowest BCUT2D eigenvalue weighted by atomic mass is 10.1. The van der Waals surface area contributed by atoms with Gasteiger partial charge in [-0.2, -0.15) is 4.98 Å². The van der Waals surface area contributed by atoms with Gasteiger partial charge in [-0.3, -0.25) is 4.98 Å². The van der Waals surface area contributed by atoms with Crippen molar-refractivity contribution in [3.8, 4) is 11.3 Å². The summed E-state index contributed by atoms with van der Waals surface area (Å²) in [5, 5.41) is 8.03. The summed E-state index contributed by atoms with van der Waals surface area (Å²) in [5.74, 6) is 0.592. The minimum absolute atomic E-state index is 0.592. The second kappa shape index (κ2) is 8.86. The van der Waals surface area contributed by atoms with Gasteiger partial charge in [0.15, 0.2) is 5.65 Å². The summed E-state index contributed by atoms with van der Waals surface area (Å²) in [5.41, 5.74) is 6.17. The van der Waals surface area contributed by atoms with Crippen LogP contribution in [0.2, 0.25) is 0 Å². The van der Waals surface area contributed by atoms with E-state index in [1.165, 1.54) is 44.5 Å². The van der Waals surface area contributed by atoms with Crippen LogP contribution in [0.15, 0.2) is 60.8 Å². The second-order valence-electron chi connectivity index (χ2n) is 8.28. The number of nitrogens with one attached hydrogen (secondary N) is 1. The molecule has 0 aliphatic carbocycles. The van der Waals surface area contributed by atoms with Crippen LogP contribution in [0.3, 0.4) is 0 Å². The third kappa shape index (κ3) is 4.59.